The molecule has 2 heterocycles. The number of methoxy groups -OCH3 is 1. The summed E-state index contributed by atoms with van der Waals surface area (Å²) in [5, 5.41) is 6.66. The Morgan fingerprint density at radius 2 is 2.05 bits per heavy atom. The molecule has 0 bridgehead atoms. The number of nitrogens with zero attached hydrogens (tertiary/aromatic N) is 1. The zero-order valence-corrected chi connectivity index (χ0v) is 13.2. The van der Waals surface area contributed by atoms with E-state index in [0.717, 1.165) is 16.2 Å². The lowest BCUT2D eigenvalue weighted by Gasteiger charge is -2.03. The SMILES string of the molecule is COc1csc(-c2onc(N)c2-c2ccc(Cl)c(Cl)c2)c1. The first-order chi connectivity index (χ1) is 10.1. The van der Waals surface area contributed by atoms with Gasteiger partial charge in [-0.3, -0.25) is 0 Å². The van der Waals surface area contributed by atoms with E-state index in [4.69, 9.17) is 38.2 Å². The van der Waals surface area contributed by atoms with Crippen molar-refractivity contribution in [1.82, 2.24) is 5.16 Å². The van der Waals surface area contributed by atoms with E-state index in [2.05, 4.69) is 5.16 Å². The summed E-state index contributed by atoms with van der Waals surface area (Å²) >= 11 is 13.5. The molecule has 3 rings (SSSR count). The standard InChI is InChI=1S/C14H10Cl2N2O2S/c1-19-8-5-11(21-6-8)13-12(14(17)18-20-13)7-2-3-9(15)10(16)4-7/h2-6H,1H3,(H2,17,18). The molecule has 0 aliphatic rings. The zero-order chi connectivity index (χ0) is 15.0. The van der Waals surface area contributed by atoms with Crippen LogP contribution in [-0.2, 0) is 0 Å². The Kier molecular flexibility index (Phi) is 3.80. The van der Waals surface area contributed by atoms with Crippen molar-refractivity contribution >= 4 is 40.4 Å². The van der Waals surface area contributed by atoms with Crippen LogP contribution in [0.4, 0.5) is 5.82 Å². The van der Waals surface area contributed by atoms with Crippen LogP contribution < -0.4 is 10.5 Å². The predicted molar refractivity (Wildman–Crippen MR) is 86.2 cm³/mol. The fourth-order valence-corrected chi connectivity index (χ4v) is 3.08. The summed E-state index contributed by atoms with van der Waals surface area (Å²) in [6, 6.07) is 7.14. The van der Waals surface area contributed by atoms with E-state index in [1.54, 1.807) is 19.2 Å². The predicted octanol–water partition coefficient (Wildman–Crippen LogP) is 4.97. The van der Waals surface area contributed by atoms with E-state index >= 15 is 0 Å². The highest BCUT2D eigenvalue weighted by molar-refractivity contribution is 7.13. The first-order valence-corrected chi connectivity index (χ1v) is 7.57. The number of nitrogens with two attached hydrogens (primary N) is 1. The van der Waals surface area contributed by atoms with E-state index in [1.165, 1.54) is 11.3 Å². The Balaban J connectivity index is 2.14. The molecule has 7 heteroatoms. The fraction of sp³-hybridized carbons (Fsp3) is 0.0714. The second kappa shape index (κ2) is 5.60. The molecule has 21 heavy (non-hydrogen) atoms. The lowest BCUT2D eigenvalue weighted by molar-refractivity contribution is 0.416. The molecular weight excluding hydrogens is 331 g/mol. The van der Waals surface area contributed by atoms with Crippen LogP contribution in [0.2, 0.25) is 10.0 Å². The molecule has 0 amide bonds. The lowest BCUT2D eigenvalue weighted by Crippen LogP contribution is -1.88. The molecule has 1 aromatic carbocycles. The molecule has 0 aliphatic heterocycles. The van der Waals surface area contributed by atoms with Gasteiger partial charge in [0, 0.05) is 11.4 Å². The molecule has 4 nitrogen and oxygen atoms in total. The maximum atomic E-state index is 6.07. The zero-order valence-electron chi connectivity index (χ0n) is 10.9. The number of thiophene rings is 1. The molecule has 0 radical (unpaired) electrons. The van der Waals surface area contributed by atoms with Crippen molar-refractivity contribution in [1.29, 1.82) is 0 Å². The van der Waals surface area contributed by atoms with Gasteiger partial charge in [0.15, 0.2) is 11.6 Å². The number of ether oxygens (including phenoxy) is 1. The number of rotatable bonds is 3. The summed E-state index contributed by atoms with van der Waals surface area (Å²) in [6.07, 6.45) is 0. The van der Waals surface area contributed by atoms with Gasteiger partial charge in [0.05, 0.1) is 27.6 Å². The van der Waals surface area contributed by atoms with Gasteiger partial charge in [-0.25, -0.2) is 0 Å². The van der Waals surface area contributed by atoms with Crippen LogP contribution in [0.15, 0.2) is 34.2 Å². The second-order valence-electron chi connectivity index (χ2n) is 4.25. The molecule has 2 aromatic heterocycles. The Morgan fingerprint density at radius 3 is 2.71 bits per heavy atom. The molecule has 2 N–H and O–H groups in total. The molecule has 0 spiro atoms. The van der Waals surface area contributed by atoms with Gasteiger partial charge < -0.3 is 15.0 Å². The van der Waals surface area contributed by atoms with Crippen LogP contribution in [0.25, 0.3) is 21.8 Å². The molecular formula is C14H10Cl2N2O2S. The van der Waals surface area contributed by atoms with Crippen LogP contribution in [0.1, 0.15) is 0 Å². The van der Waals surface area contributed by atoms with Gasteiger partial charge in [0.25, 0.3) is 0 Å². The first-order valence-electron chi connectivity index (χ1n) is 5.93. The van der Waals surface area contributed by atoms with Crippen molar-refractivity contribution in [2.75, 3.05) is 12.8 Å². The fourth-order valence-electron chi connectivity index (χ4n) is 1.95. The van der Waals surface area contributed by atoms with Crippen molar-refractivity contribution in [3.63, 3.8) is 0 Å². The maximum Gasteiger partial charge on any atom is 0.186 e. The third kappa shape index (κ3) is 2.60. The van der Waals surface area contributed by atoms with Crippen LogP contribution >= 0.6 is 34.5 Å². The van der Waals surface area contributed by atoms with E-state index in [9.17, 15) is 0 Å². The van der Waals surface area contributed by atoms with Gasteiger partial charge in [0.1, 0.15) is 5.75 Å². The molecule has 3 aromatic rings. The van der Waals surface area contributed by atoms with Crippen LogP contribution in [-0.4, -0.2) is 12.3 Å². The Bertz CT molecular complexity index is 798. The number of aromatic nitrogens is 1. The summed E-state index contributed by atoms with van der Waals surface area (Å²) in [5.41, 5.74) is 7.42. The lowest BCUT2D eigenvalue weighted by atomic mass is 10.1. The van der Waals surface area contributed by atoms with Crippen molar-refractivity contribution in [3.05, 3.63) is 39.7 Å². The Morgan fingerprint density at radius 1 is 1.24 bits per heavy atom. The van der Waals surface area contributed by atoms with E-state index in [-0.39, 0.29) is 0 Å². The molecule has 0 unspecified atom stereocenters. The molecule has 0 fully saturated rings. The highest BCUT2D eigenvalue weighted by atomic mass is 35.5. The minimum Gasteiger partial charge on any atom is -0.496 e. The highest BCUT2D eigenvalue weighted by Gasteiger charge is 2.20. The van der Waals surface area contributed by atoms with Crippen LogP contribution in [0.5, 0.6) is 5.75 Å². The summed E-state index contributed by atoms with van der Waals surface area (Å²) in [5.74, 6) is 1.64. The van der Waals surface area contributed by atoms with Gasteiger partial charge in [-0.05, 0) is 17.7 Å². The van der Waals surface area contributed by atoms with Crippen molar-refractivity contribution in [3.8, 4) is 27.5 Å². The number of benzene rings is 1. The molecule has 0 saturated carbocycles. The van der Waals surface area contributed by atoms with Crippen LogP contribution in [0, 0.1) is 0 Å². The summed E-state index contributed by atoms with van der Waals surface area (Å²) in [4.78, 5) is 0.872. The molecule has 108 valence electrons. The minimum absolute atomic E-state index is 0.302. The Labute approximate surface area is 135 Å². The monoisotopic (exact) mass is 340 g/mol. The average molecular weight is 341 g/mol. The van der Waals surface area contributed by atoms with Crippen molar-refractivity contribution < 1.29 is 9.26 Å². The molecule has 0 saturated heterocycles. The largest absolute Gasteiger partial charge is 0.496 e. The number of hydrogen-bond acceptors (Lipinski definition) is 5. The molecule has 0 atom stereocenters. The van der Waals surface area contributed by atoms with E-state index in [1.807, 2.05) is 17.5 Å². The van der Waals surface area contributed by atoms with Gasteiger partial charge in [-0.15, -0.1) is 11.3 Å². The minimum atomic E-state index is 0.302. The summed E-state index contributed by atoms with van der Waals surface area (Å²) < 4.78 is 10.5. The smallest absolute Gasteiger partial charge is 0.186 e. The average Bonchev–Trinajstić information content (AvgIpc) is 3.08. The van der Waals surface area contributed by atoms with E-state index in [0.29, 0.717) is 27.2 Å². The highest BCUT2D eigenvalue weighted by Crippen LogP contribution is 2.41. The Hall–Kier alpha value is -1.69. The number of hydrogen-bond donors (Lipinski definition) is 1. The van der Waals surface area contributed by atoms with Crippen LogP contribution in [0.3, 0.4) is 0 Å². The van der Waals surface area contributed by atoms with Gasteiger partial charge in [-0.2, -0.15) is 0 Å². The number of halogens is 2. The summed E-state index contributed by atoms with van der Waals surface area (Å²) in [7, 11) is 1.61. The normalized spacial score (nSPS) is 10.8. The maximum absolute atomic E-state index is 6.07. The molecule has 0 aliphatic carbocycles. The number of nitrogen functional groups attached to an aromatic ring is 1. The quantitative estimate of drug-likeness (QED) is 0.731. The van der Waals surface area contributed by atoms with Crippen molar-refractivity contribution in [2.24, 2.45) is 0 Å². The van der Waals surface area contributed by atoms with Gasteiger partial charge >= 0.3 is 0 Å². The topological polar surface area (TPSA) is 61.3 Å². The third-order valence-corrected chi connectivity index (χ3v) is 4.61. The van der Waals surface area contributed by atoms with E-state index < -0.39 is 0 Å². The third-order valence-electron chi connectivity index (χ3n) is 2.96. The van der Waals surface area contributed by atoms with Crippen molar-refractivity contribution in [2.45, 2.75) is 0 Å². The summed E-state index contributed by atoms with van der Waals surface area (Å²) in [6.45, 7) is 0. The number of anilines is 1. The van der Waals surface area contributed by atoms with Gasteiger partial charge in [-0.1, -0.05) is 34.4 Å². The second-order valence-corrected chi connectivity index (χ2v) is 5.98. The van der Waals surface area contributed by atoms with Gasteiger partial charge in [0.2, 0.25) is 0 Å². The first kappa shape index (κ1) is 14.3.